The van der Waals surface area contributed by atoms with Gasteiger partial charge in [-0.3, -0.25) is 0 Å². The lowest BCUT2D eigenvalue weighted by Crippen LogP contribution is -2.16. The summed E-state index contributed by atoms with van der Waals surface area (Å²) in [5.41, 5.74) is 3.92. The van der Waals surface area contributed by atoms with Crippen molar-refractivity contribution in [2.24, 2.45) is 0 Å². The highest BCUT2D eigenvalue weighted by Gasteiger charge is 2.28. The van der Waals surface area contributed by atoms with Gasteiger partial charge in [-0.1, -0.05) is 53.1 Å². The molecule has 0 atom stereocenters. The monoisotopic (exact) mass is 364 g/mol. The lowest BCUT2D eigenvalue weighted by molar-refractivity contribution is -0.302. The summed E-state index contributed by atoms with van der Waals surface area (Å²) in [6, 6.07) is 26.8. The first-order valence-corrected chi connectivity index (χ1v) is 9.71. The minimum absolute atomic E-state index is 0.0394. The summed E-state index contributed by atoms with van der Waals surface area (Å²) in [7, 11) is -0.0394. The van der Waals surface area contributed by atoms with Gasteiger partial charge in [0.15, 0.2) is 14.7 Å². The standard InChI is InChI=1S/C21H21S.C2H4O2/c1-16-4-10-19(11-5-16)22(20-12-6-17(2)7-13-20)21-14-8-18(3)9-15-21;1-2(3)4/h4-15H,1-3H3;1H3,(H,3,4)/q+1;/p-1. The van der Waals surface area contributed by atoms with Gasteiger partial charge in [0.2, 0.25) is 0 Å². The number of carbonyl (C=O) groups excluding carboxylic acids is 1. The molecule has 0 fully saturated rings. The van der Waals surface area contributed by atoms with E-state index in [0.29, 0.717) is 0 Å². The molecule has 0 radical (unpaired) electrons. The number of carboxylic acids is 1. The zero-order valence-corrected chi connectivity index (χ0v) is 16.5. The van der Waals surface area contributed by atoms with E-state index in [1.54, 1.807) is 0 Å². The average molecular weight is 365 g/mol. The number of hydrogen-bond donors (Lipinski definition) is 0. The van der Waals surface area contributed by atoms with E-state index in [1.807, 2.05) is 0 Å². The molecule has 0 unspecified atom stereocenters. The number of rotatable bonds is 3. The van der Waals surface area contributed by atoms with Crippen LogP contribution in [-0.4, -0.2) is 5.97 Å². The highest BCUT2D eigenvalue weighted by molar-refractivity contribution is 7.97. The zero-order valence-electron chi connectivity index (χ0n) is 15.7. The Morgan fingerprint density at radius 2 is 0.808 bits per heavy atom. The van der Waals surface area contributed by atoms with Gasteiger partial charge in [0.1, 0.15) is 0 Å². The molecule has 134 valence electrons. The van der Waals surface area contributed by atoms with Crippen LogP contribution < -0.4 is 5.11 Å². The molecule has 2 nitrogen and oxygen atoms in total. The molecule has 26 heavy (non-hydrogen) atoms. The molecule has 3 aromatic carbocycles. The highest BCUT2D eigenvalue weighted by atomic mass is 32.2. The fourth-order valence-corrected chi connectivity index (χ4v) is 4.47. The maximum Gasteiger partial charge on any atom is 0.166 e. The van der Waals surface area contributed by atoms with E-state index in [0.717, 1.165) is 6.92 Å². The van der Waals surface area contributed by atoms with Crippen molar-refractivity contribution in [3.63, 3.8) is 0 Å². The van der Waals surface area contributed by atoms with E-state index in [4.69, 9.17) is 9.90 Å². The van der Waals surface area contributed by atoms with Crippen molar-refractivity contribution in [3.8, 4) is 0 Å². The van der Waals surface area contributed by atoms with Crippen molar-refractivity contribution < 1.29 is 9.90 Å². The van der Waals surface area contributed by atoms with E-state index in [9.17, 15) is 0 Å². The van der Waals surface area contributed by atoms with Gasteiger partial charge in [-0.15, -0.1) is 0 Å². The Balaban J connectivity index is 0.000000552. The molecular weight excluding hydrogens is 340 g/mol. The maximum absolute atomic E-state index is 8.89. The van der Waals surface area contributed by atoms with Gasteiger partial charge in [0, 0.05) is 5.97 Å². The van der Waals surface area contributed by atoms with Crippen molar-refractivity contribution in [3.05, 3.63) is 89.5 Å². The van der Waals surface area contributed by atoms with Gasteiger partial charge in [0.05, 0.1) is 10.9 Å². The lowest BCUT2D eigenvalue weighted by atomic mass is 10.2. The number of carbonyl (C=O) groups is 1. The minimum atomic E-state index is -1.08. The molecule has 3 rings (SSSR count). The Morgan fingerprint density at radius 1 is 0.615 bits per heavy atom. The SMILES string of the molecule is CC(=O)[O-].Cc1ccc([S+](c2ccc(C)cc2)c2ccc(C)cc2)cc1. The molecule has 0 saturated carbocycles. The Morgan fingerprint density at radius 3 is 1.00 bits per heavy atom. The third-order valence-electron chi connectivity index (χ3n) is 3.77. The quantitative estimate of drug-likeness (QED) is 0.644. The summed E-state index contributed by atoms with van der Waals surface area (Å²) in [6.45, 7) is 7.39. The molecule has 0 heterocycles. The van der Waals surface area contributed by atoms with Crippen molar-refractivity contribution in [2.45, 2.75) is 42.4 Å². The van der Waals surface area contributed by atoms with E-state index in [1.165, 1.54) is 31.4 Å². The summed E-state index contributed by atoms with van der Waals surface area (Å²) < 4.78 is 0. The smallest absolute Gasteiger partial charge is 0.166 e. The first-order valence-electron chi connectivity index (χ1n) is 8.48. The van der Waals surface area contributed by atoms with Crippen LogP contribution in [0.2, 0.25) is 0 Å². The lowest BCUT2D eigenvalue weighted by Gasteiger charge is -2.09. The number of carboxylic acid groups (broad SMARTS) is 1. The number of hydrogen-bond acceptors (Lipinski definition) is 2. The van der Waals surface area contributed by atoms with Gasteiger partial charge in [-0.05, 0) is 64.1 Å². The summed E-state index contributed by atoms with van der Waals surface area (Å²) in [4.78, 5) is 13.0. The Kier molecular flexibility index (Phi) is 7.05. The molecule has 0 aliphatic heterocycles. The molecule has 0 saturated heterocycles. The summed E-state index contributed by atoms with van der Waals surface area (Å²) >= 11 is 0. The molecule has 0 aromatic heterocycles. The van der Waals surface area contributed by atoms with Crippen LogP contribution in [0.3, 0.4) is 0 Å². The van der Waals surface area contributed by atoms with Crippen LogP contribution in [0.15, 0.2) is 87.5 Å². The maximum atomic E-state index is 8.89. The topological polar surface area (TPSA) is 40.1 Å². The van der Waals surface area contributed by atoms with Crippen molar-refractivity contribution in [2.75, 3.05) is 0 Å². The highest BCUT2D eigenvalue weighted by Crippen LogP contribution is 2.31. The van der Waals surface area contributed by atoms with Gasteiger partial charge in [0.25, 0.3) is 0 Å². The molecule has 0 N–H and O–H groups in total. The molecular formula is C23H24O2S. The van der Waals surface area contributed by atoms with Gasteiger partial charge >= 0.3 is 0 Å². The van der Waals surface area contributed by atoms with E-state index in [-0.39, 0.29) is 10.9 Å². The summed E-state index contributed by atoms with van der Waals surface area (Å²) in [5.74, 6) is -1.08. The summed E-state index contributed by atoms with van der Waals surface area (Å²) in [5, 5.41) is 8.89. The number of aliphatic carboxylic acids is 1. The molecule has 0 amide bonds. The van der Waals surface area contributed by atoms with Crippen LogP contribution in [0.1, 0.15) is 23.6 Å². The van der Waals surface area contributed by atoms with Crippen molar-refractivity contribution in [1.82, 2.24) is 0 Å². The molecule has 0 aliphatic carbocycles. The molecule has 0 bridgehead atoms. The van der Waals surface area contributed by atoms with Gasteiger partial charge in [-0.25, -0.2) is 0 Å². The number of aryl methyl sites for hydroxylation is 3. The van der Waals surface area contributed by atoms with Crippen LogP contribution in [0.25, 0.3) is 0 Å². The predicted molar refractivity (Wildman–Crippen MR) is 106 cm³/mol. The Bertz CT molecular complexity index is 723. The molecule has 0 aliphatic rings. The Hall–Kier alpha value is -2.52. The minimum Gasteiger partial charge on any atom is -0.550 e. The van der Waals surface area contributed by atoms with Crippen LogP contribution in [-0.2, 0) is 15.7 Å². The van der Waals surface area contributed by atoms with E-state index in [2.05, 4.69) is 93.6 Å². The second-order valence-corrected chi connectivity index (χ2v) is 8.26. The second-order valence-electron chi connectivity index (χ2n) is 6.24. The van der Waals surface area contributed by atoms with Crippen LogP contribution in [0, 0.1) is 20.8 Å². The first kappa shape index (κ1) is 19.8. The zero-order chi connectivity index (χ0) is 19.1. The largest absolute Gasteiger partial charge is 0.550 e. The Labute approximate surface area is 158 Å². The van der Waals surface area contributed by atoms with Gasteiger partial charge < -0.3 is 9.90 Å². The fraction of sp³-hybridized carbons (Fsp3) is 0.174. The van der Waals surface area contributed by atoms with Crippen molar-refractivity contribution in [1.29, 1.82) is 0 Å². The predicted octanol–water partition coefficient (Wildman–Crippen LogP) is 4.46. The van der Waals surface area contributed by atoms with E-state index >= 15 is 0 Å². The third kappa shape index (κ3) is 5.78. The third-order valence-corrected chi connectivity index (χ3v) is 6.00. The average Bonchev–Trinajstić information content (AvgIpc) is 2.60. The van der Waals surface area contributed by atoms with Gasteiger partial charge in [-0.2, -0.15) is 0 Å². The second kappa shape index (κ2) is 9.25. The van der Waals surface area contributed by atoms with Crippen LogP contribution in [0.5, 0.6) is 0 Å². The van der Waals surface area contributed by atoms with Crippen LogP contribution >= 0.6 is 0 Å². The fourth-order valence-electron chi connectivity index (χ4n) is 2.43. The van der Waals surface area contributed by atoms with Crippen molar-refractivity contribution >= 4 is 16.9 Å². The first-order chi connectivity index (χ1) is 12.4. The molecule has 3 heteroatoms. The van der Waals surface area contributed by atoms with Crippen LogP contribution in [0.4, 0.5) is 0 Å². The normalized spacial score (nSPS) is 10.2. The number of benzene rings is 3. The summed E-state index contributed by atoms with van der Waals surface area (Å²) in [6.07, 6.45) is 0. The van der Waals surface area contributed by atoms with E-state index < -0.39 is 5.97 Å². The molecule has 3 aromatic rings. The molecule has 0 spiro atoms.